The van der Waals surface area contributed by atoms with E-state index in [4.69, 9.17) is 0 Å². The molecule has 1 aliphatic rings. The molecule has 0 saturated heterocycles. The standard InChI is InChI=1S/C21H26N2O3S/c1-4-27(25,26)23(3)20-12-10-17(11-13-20)21(24)22-15(2)18-9-8-16-6-5-7-19(16)14-18/h8-15H,4-7H2,1-3H3,(H,22,24)/t15-/m0/s1. The Labute approximate surface area is 161 Å². The molecule has 0 heterocycles. The maximum Gasteiger partial charge on any atom is 0.251 e. The number of nitrogens with zero attached hydrogens (tertiary/aromatic N) is 1. The molecule has 1 N–H and O–H groups in total. The molecule has 1 atom stereocenters. The van der Waals surface area contributed by atoms with Gasteiger partial charge in [0.2, 0.25) is 10.0 Å². The molecule has 0 bridgehead atoms. The van der Waals surface area contributed by atoms with Gasteiger partial charge >= 0.3 is 0 Å². The number of amides is 1. The van der Waals surface area contributed by atoms with Gasteiger partial charge in [0.05, 0.1) is 17.5 Å². The molecule has 0 aromatic heterocycles. The molecule has 1 aliphatic carbocycles. The van der Waals surface area contributed by atoms with Gasteiger partial charge in [-0.2, -0.15) is 0 Å². The first kappa shape index (κ1) is 19.4. The third kappa shape index (κ3) is 4.16. The Balaban J connectivity index is 1.69. The van der Waals surface area contributed by atoms with Gasteiger partial charge < -0.3 is 5.32 Å². The normalized spacial score (nSPS) is 14.5. The van der Waals surface area contributed by atoms with E-state index in [9.17, 15) is 13.2 Å². The molecule has 6 heteroatoms. The van der Waals surface area contributed by atoms with Crippen LogP contribution in [-0.2, 0) is 22.9 Å². The number of anilines is 1. The van der Waals surface area contributed by atoms with E-state index >= 15 is 0 Å². The van der Waals surface area contributed by atoms with Crippen molar-refractivity contribution in [3.8, 4) is 0 Å². The van der Waals surface area contributed by atoms with Crippen molar-refractivity contribution in [3.63, 3.8) is 0 Å². The molecule has 27 heavy (non-hydrogen) atoms. The fourth-order valence-corrected chi connectivity index (χ4v) is 4.23. The lowest BCUT2D eigenvalue weighted by Gasteiger charge is -2.19. The summed E-state index contributed by atoms with van der Waals surface area (Å²) in [5.41, 5.74) is 4.96. The number of fused-ring (bicyclic) bond motifs is 1. The Morgan fingerprint density at radius 3 is 2.44 bits per heavy atom. The number of aryl methyl sites for hydroxylation is 2. The number of nitrogens with one attached hydrogen (secondary N) is 1. The highest BCUT2D eigenvalue weighted by Crippen LogP contribution is 2.25. The van der Waals surface area contributed by atoms with Crippen LogP contribution in [0.3, 0.4) is 0 Å². The largest absolute Gasteiger partial charge is 0.346 e. The first-order valence-corrected chi connectivity index (χ1v) is 10.9. The number of carbonyl (C=O) groups is 1. The highest BCUT2D eigenvalue weighted by atomic mass is 32.2. The number of sulfonamides is 1. The van der Waals surface area contributed by atoms with Gasteiger partial charge in [0.1, 0.15) is 0 Å². The van der Waals surface area contributed by atoms with E-state index in [-0.39, 0.29) is 17.7 Å². The topological polar surface area (TPSA) is 66.5 Å². The zero-order chi connectivity index (χ0) is 19.6. The Hall–Kier alpha value is -2.34. The van der Waals surface area contributed by atoms with Crippen LogP contribution in [0.1, 0.15) is 53.4 Å². The molecule has 144 valence electrons. The van der Waals surface area contributed by atoms with E-state index in [0.29, 0.717) is 11.3 Å². The van der Waals surface area contributed by atoms with E-state index in [1.54, 1.807) is 31.2 Å². The van der Waals surface area contributed by atoms with Crippen LogP contribution in [-0.4, -0.2) is 27.1 Å². The third-order valence-electron chi connectivity index (χ3n) is 5.25. The van der Waals surface area contributed by atoms with Gasteiger partial charge in [-0.15, -0.1) is 0 Å². The van der Waals surface area contributed by atoms with Crippen molar-refractivity contribution < 1.29 is 13.2 Å². The Bertz CT molecular complexity index is 936. The molecule has 0 spiro atoms. The average molecular weight is 387 g/mol. The van der Waals surface area contributed by atoms with Crippen LogP contribution in [0.5, 0.6) is 0 Å². The summed E-state index contributed by atoms with van der Waals surface area (Å²) in [6.07, 6.45) is 3.46. The van der Waals surface area contributed by atoms with Gasteiger partial charge in [-0.05, 0) is 74.1 Å². The number of hydrogen-bond donors (Lipinski definition) is 1. The first-order chi connectivity index (χ1) is 12.8. The van der Waals surface area contributed by atoms with Crippen LogP contribution in [0, 0.1) is 0 Å². The van der Waals surface area contributed by atoms with Crippen molar-refractivity contribution in [2.75, 3.05) is 17.1 Å². The summed E-state index contributed by atoms with van der Waals surface area (Å²) >= 11 is 0. The highest BCUT2D eigenvalue weighted by molar-refractivity contribution is 7.92. The second-order valence-electron chi connectivity index (χ2n) is 6.99. The van der Waals surface area contributed by atoms with E-state index < -0.39 is 10.0 Å². The summed E-state index contributed by atoms with van der Waals surface area (Å²) in [6.45, 7) is 3.58. The van der Waals surface area contributed by atoms with E-state index in [2.05, 4.69) is 23.5 Å². The molecule has 2 aromatic carbocycles. The minimum Gasteiger partial charge on any atom is -0.346 e. The van der Waals surface area contributed by atoms with Crippen LogP contribution in [0.15, 0.2) is 42.5 Å². The maximum atomic E-state index is 12.6. The summed E-state index contributed by atoms with van der Waals surface area (Å²) < 4.78 is 25.1. The van der Waals surface area contributed by atoms with Crippen molar-refractivity contribution in [2.24, 2.45) is 0 Å². The zero-order valence-electron chi connectivity index (χ0n) is 16.0. The van der Waals surface area contributed by atoms with Gasteiger partial charge in [-0.25, -0.2) is 8.42 Å². The highest BCUT2D eigenvalue weighted by Gasteiger charge is 2.18. The molecular weight excluding hydrogens is 360 g/mol. The van der Waals surface area contributed by atoms with Crippen LogP contribution < -0.4 is 9.62 Å². The fourth-order valence-electron chi connectivity index (χ4n) is 3.40. The average Bonchev–Trinajstić information content (AvgIpc) is 3.15. The molecule has 0 unspecified atom stereocenters. The predicted octanol–water partition coefficient (Wildman–Crippen LogP) is 3.45. The van der Waals surface area contributed by atoms with Gasteiger partial charge in [0.15, 0.2) is 0 Å². The van der Waals surface area contributed by atoms with Crippen molar-refractivity contribution in [1.82, 2.24) is 5.32 Å². The lowest BCUT2D eigenvalue weighted by molar-refractivity contribution is 0.0940. The molecule has 3 rings (SSSR count). The van der Waals surface area contributed by atoms with Gasteiger partial charge in [-0.3, -0.25) is 9.10 Å². The number of benzene rings is 2. The van der Waals surface area contributed by atoms with E-state index in [0.717, 1.165) is 18.4 Å². The molecule has 0 radical (unpaired) electrons. The fraction of sp³-hybridized carbons (Fsp3) is 0.381. The molecule has 1 amide bonds. The monoisotopic (exact) mass is 386 g/mol. The van der Waals surface area contributed by atoms with Crippen molar-refractivity contribution >= 4 is 21.6 Å². The molecule has 0 saturated carbocycles. The summed E-state index contributed by atoms with van der Waals surface area (Å²) in [4.78, 5) is 12.6. The summed E-state index contributed by atoms with van der Waals surface area (Å²) in [7, 11) is -1.79. The number of carbonyl (C=O) groups excluding carboxylic acids is 1. The Morgan fingerprint density at radius 1 is 1.11 bits per heavy atom. The van der Waals surface area contributed by atoms with Crippen LogP contribution in [0.25, 0.3) is 0 Å². The van der Waals surface area contributed by atoms with Gasteiger partial charge in [0.25, 0.3) is 5.91 Å². The minimum atomic E-state index is -3.31. The molecule has 0 fully saturated rings. The molecular formula is C21H26N2O3S. The summed E-state index contributed by atoms with van der Waals surface area (Å²) in [6, 6.07) is 13.0. The lowest BCUT2D eigenvalue weighted by Crippen LogP contribution is -2.28. The van der Waals surface area contributed by atoms with Gasteiger partial charge in [0, 0.05) is 12.6 Å². The molecule has 5 nitrogen and oxygen atoms in total. The minimum absolute atomic E-state index is 0.0318. The predicted molar refractivity (Wildman–Crippen MR) is 109 cm³/mol. The number of hydrogen-bond acceptors (Lipinski definition) is 3. The van der Waals surface area contributed by atoms with Crippen LogP contribution in [0.4, 0.5) is 5.69 Å². The smallest absolute Gasteiger partial charge is 0.251 e. The lowest BCUT2D eigenvalue weighted by atomic mass is 10.0. The maximum absolute atomic E-state index is 12.6. The zero-order valence-corrected chi connectivity index (χ0v) is 16.8. The SMILES string of the molecule is CCS(=O)(=O)N(C)c1ccc(C(=O)N[C@@H](C)c2ccc3c(c2)CCC3)cc1. The second kappa shape index (κ2) is 7.72. The second-order valence-corrected chi connectivity index (χ2v) is 9.28. The van der Waals surface area contributed by atoms with Crippen molar-refractivity contribution in [1.29, 1.82) is 0 Å². The van der Waals surface area contributed by atoms with Gasteiger partial charge in [-0.1, -0.05) is 18.2 Å². The summed E-state index contributed by atoms with van der Waals surface area (Å²) in [5, 5.41) is 3.02. The first-order valence-electron chi connectivity index (χ1n) is 9.31. The Kier molecular flexibility index (Phi) is 5.56. The third-order valence-corrected chi connectivity index (χ3v) is 7.02. The van der Waals surface area contributed by atoms with Crippen molar-refractivity contribution in [2.45, 2.75) is 39.2 Å². The molecule has 2 aromatic rings. The van der Waals surface area contributed by atoms with E-state index in [1.807, 2.05) is 6.92 Å². The summed E-state index contributed by atoms with van der Waals surface area (Å²) in [5.74, 6) is -0.139. The molecule has 0 aliphatic heterocycles. The Morgan fingerprint density at radius 2 is 1.78 bits per heavy atom. The van der Waals surface area contributed by atoms with Crippen LogP contribution >= 0.6 is 0 Å². The van der Waals surface area contributed by atoms with Crippen molar-refractivity contribution in [3.05, 3.63) is 64.7 Å². The quantitative estimate of drug-likeness (QED) is 0.827. The number of rotatable bonds is 6. The van der Waals surface area contributed by atoms with E-state index in [1.165, 1.54) is 28.9 Å². The van der Waals surface area contributed by atoms with Crippen LogP contribution in [0.2, 0.25) is 0 Å².